The number of nitrogens with one attached hydrogen (secondary N) is 2. The summed E-state index contributed by atoms with van der Waals surface area (Å²) in [7, 11) is 1.44. The summed E-state index contributed by atoms with van der Waals surface area (Å²) in [6.07, 6.45) is 5.41. The quantitative estimate of drug-likeness (QED) is 0.554. The fraction of sp³-hybridized carbons (Fsp3) is 0.895. The second kappa shape index (κ2) is 11.3. The summed E-state index contributed by atoms with van der Waals surface area (Å²) < 4.78 is 4.80. The van der Waals surface area contributed by atoms with Gasteiger partial charge in [-0.2, -0.15) is 0 Å². The minimum atomic E-state index is -0.224. The van der Waals surface area contributed by atoms with Crippen molar-refractivity contribution in [3.05, 3.63) is 0 Å². The Morgan fingerprint density at radius 2 is 1.81 bits per heavy atom. The summed E-state index contributed by atoms with van der Waals surface area (Å²) in [5.41, 5.74) is 0. The fourth-order valence-corrected chi connectivity index (χ4v) is 3.80. The van der Waals surface area contributed by atoms with E-state index in [2.05, 4.69) is 29.4 Å². The van der Waals surface area contributed by atoms with Crippen LogP contribution in [0, 0.1) is 5.92 Å². The van der Waals surface area contributed by atoms with Crippen molar-refractivity contribution >= 4 is 12.1 Å². The molecule has 2 aliphatic rings. The van der Waals surface area contributed by atoms with Crippen molar-refractivity contribution in [2.24, 2.45) is 10.9 Å². The molecule has 2 heterocycles. The molecule has 0 atom stereocenters. The molecule has 150 valence electrons. The average molecular weight is 368 g/mol. The molecule has 0 spiro atoms. The van der Waals surface area contributed by atoms with E-state index in [1.807, 2.05) is 0 Å². The zero-order valence-electron chi connectivity index (χ0n) is 16.8. The van der Waals surface area contributed by atoms with Gasteiger partial charge in [0.05, 0.1) is 7.11 Å². The van der Waals surface area contributed by atoms with Crippen LogP contribution in [0.3, 0.4) is 0 Å². The number of carbonyl (C=O) groups is 1. The van der Waals surface area contributed by atoms with E-state index in [-0.39, 0.29) is 6.09 Å². The van der Waals surface area contributed by atoms with Crippen LogP contribution in [0.25, 0.3) is 0 Å². The molecule has 1 amide bonds. The van der Waals surface area contributed by atoms with E-state index in [0.717, 1.165) is 50.9 Å². The molecule has 7 nitrogen and oxygen atoms in total. The second-order valence-electron chi connectivity index (χ2n) is 7.30. The molecule has 0 aromatic rings. The Balaban J connectivity index is 1.72. The first-order valence-corrected chi connectivity index (χ1v) is 10.3. The van der Waals surface area contributed by atoms with Crippen LogP contribution in [0.15, 0.2) is 4.99 Å². The molecule has 26 heavy (non-hydrogen) atoms. The predicted octanol–water partition coefficient (Wildman–Crippen LogP) is 1.89. The highest BCUT2D eigenvalue weighted by atomic mass is 16.5. The fourth-order valence-electron chi connectivity index (χ4n) is 3.80. The first-order chi connectivity index (χ1) is 12.7. The van der Waals surface area contributed by atoms with E-state index >= 15 is 0 Å². The number of amides is 1. The molecule has 0 aromatic heterocycles. The van der Waals surface area contributed by atoms with Gasteiger partial charge in [0.2, 0.25) is 0 Å². The lowest BCUT2D eigenvalue weighted by Gasteiger charge is -2.32. The van der Waals surface area contributed by atoms with Crippen molar-refractivity contribution in [3.63, 3.8) is 0 Å². The molecule has 0 saturated carbocycles. The Bertz CT molecular complexity index is 441. The third-order valence-electron chi connectivity index (χ3n) is 5.57. The van der Waals surface area contributed by atoms with E-state index < -0.39 is 0 Å². The molecule has 2 aliphatic heterocycles. The molecule has 0 aromatic carbocycles. The normalized spacial score (nSPS) is 20.9. The Hall–Kier alpha value is -1.50. The van der Waals surface area contributed by atoms with Gasteiger partial charge in [-0.15, -0.1) is 0 Å². The Morgan fingerprint density at radius 3 is 2.38 bits per heavy atom. The number of hydrogen-bond donors (Lipinski definition) is 2. The summed E-state index contributed by atoms with van der Waals surface area (Å²) in [6.45, 7) is 11.2. The second-order valence-corrected chi connectivity index (χ2v) is 7.30. The molecular weight excluding hydrogens is 330 g/mol. The number of nitrogens with zero attached hydrogens (tertiary/aromatic N) is 3. The van der Waals surface area contributed by atoms with Crippen LogP contribution >= 0.6 is 0 Å². The van der Waals surface area contributed by atoms with Crippen LogP contribution in [0.1, 0.15) is 46.0 Å². The highest BCUT2D eigenvalue weighted by molar-refractivity contribution is 5.80. The standard InChI is InChI=1S/C19H37N5O2/c1-4-20-18(21-11-6-16-7-12-23(5-2)13-8-16)22-17-9-14-24(15-10-17)19(25)26-3/h16-17H,4-15H2,1-3H3,(H2,20,21,22). The number of guanidine groups is 1. The molecule has 7 heteroatoms. The van der Waals surface area contributed by atoms with Crippen molar-refractivity contribution in [3.8, 4) is 0 Å². The first-order valence-electron chi connectivity index (χ1n) is 10.3. The lowest BCUT2D eigenvalue weighted by Crippen LogP contribution is -2.49. The number of carbonyl (C=O) groups excluding carboxylic acids is 1. The van der Waals surface area contributed by atoms with Crippen LogP contribution < -0.4 is 10.6 Å². The maximum Gasteiger partial charge on any atom is 0.409 e. The van der Waals surface area contributed by atoms with Crippen molar-refractivity contribution < 1.29 is 9.53 Å². The van der Waals surface area contributed by atoms with E-state index in [0.29, 0.717) is 6.04 Å². The number of rotatable bonds is 6. The average Bonchev–Trinajstić information content (AvgIpc) is 2.68. The van der Waals surface area contributed by atoms with Crippen LogP contribution in [0.4, 0.5) is 4.79 Å². The smallest absolute Gasteiger partial charge is 0.409 e. The van der Waals surface area contributed by atoms with Crippen molar-refractivity contribution in [2.45, 2.75) is 52.0 Å². The SMILES string of the molecule is CCNC(=NCCC1CCN(CC)CC1)NC1CCN(C(=O)OC)CC1. The van der Waals surface area contributed by atoms with Crippen LogP contribution in [-0.2, 0) is 4.74 Å². The number of aliphatic imine (C=N–C) groups is 1. The predicted molar refractivity (Wildman–Crippen MR) is 106 cm³/mol. The van der Waals surface area contributed by atoms with Crippen molar-refractivity contribution in [2.75, 3.05) is 52.9 Å². The summed E-state index contributed by atoms with van der Waals surface area (Å²) in [5.74, 6) is 1.72. The summed E-state index contributed by atoms with van der Waals surface area (Å²) in [5, 5.41) is 6.89. The Morgan fingerprint density at radius 1 is 1.12 bits per heavy atom. The molecule has 2 N–H and O–H groups in total. The molecule has 2 rings (SSSR count). The largest absolute Gasteiger partial charge is 0.453 e. The lowest BCUT2D eigenvalue weighted by molar-refractivity contribution is 0.111. The van der Waals surface area contributed by atoms with Gasteiger partial charge in [0, 0.05) is 32.2 Å². The van der Waals surface area contributed by atoms with Crippen LogP contribution in [-0.4, -0.2) is 80.8 Å². The molecule has 0 unspecified atom stereocenters. The Kier molecular flexibility index (Phi) is 9.01. The van der Waals surface area contributed by atoms with Gasteiger partial charge in [0.25, 0.3) is 0 Å². The molecule has 2 saturated heterocycles. The number of likely N-dealkylation sites (tertiary alicyclic amines) is 2. The zero-order valence-corrected chi connectivity index (χ0v) is 16.8. The number of piperidine rings is 2. The summed E-state index contributed by atoms with van der Waals surface area (Å²) in [6, 6.07) is 0.362. The third-order valence-corrected chi connectivity index (χ3v) is 5.57. The monoisotopic (exact) mass is 367 g/mol. The maximum absolute atomic E-state index is 11.6. The van der Waals surface area contributed by atoms with E-state index in [9.17, 15) is 4.79 Å². The number of hydrogen-bond acceptors (Lipinski definition) is 4. The van der Waals surface area contributed by atoms with Gasteiger partial charge in [-0.05, 0) is 64.6 Å². The topological polar surface area (TPSA) is 69.2 Å². The van der Waals surface area contributed by atoms with Crippen molar-refractivity contribution in [1.82, 2.24) is 20.4 Å². The van der Waals surface area contributed by atoms with Gasteiger partial charge >= 0.3 is 6.09 Å². The highest BCUT2D eigenvalue weighted by Gasteiger charge is 2.23. The maximum atomic E-state index is 11.6. The first kappa shape index (κ1) is 20.8. The van der Waals surface area contributed by atoms with Gasteiger partial charge in [-0.3, -0.25) is 4.99 Å². The van der Waals surface area contributed by atoms with E-state index in [4.69, 9.17) is 9.73 Å². The molecule has 2 fully saturated rings. The minimum Gasteiger partial charge on any atom is -0.453 e. The van der Waals surface area contributed by atoms with Gasteiger partial charge in [0.15, 0.2) is 5.96 Å². The van der Waals surface area contributed by atoms with E-state index in [1.165, 1.54) is 46.0 Å². The third kappa shape index (κ3) is 6.67. The van der Waals surface area contributed by atoms with Gasteiger partial charge in [-0.25, -0.2) is 4.79 Å². The van der Waals surface area contributed by atoms with Crippen LogP contribution in [0.5, 0.6) is 0 Å². The van der Waals surface area contributed by atoms with Gasteiger partial charge in [-0.1, -0.05) is 6.92 Å². The summed E-state index contributed by atoms with van der Waals surface area (Å²) in [4.78, 5) is 20.7. The van der Waals surface area contributed by atoms with Crippen molar-refractivity contribution in [1.29, 1.82) is 0 Å². The number of ether oxygens (including phenoxy) is 1. The Labute approximate surface area is 158 Å². The van der Waals surface area contributed by atoms with Gasteiger partial charge in [0.1, 0.15) is 0 Å². The van der Waals surface area contributed by atoms with Gasteiger partial charge < -0.3 is 25.2 Å². The van der Waals surface area contributed by atoms with Crippen LogP contribution in [0.2, 0.25) is 0 Å². The lowest BCUT2D eigenvalue weighted by atomic mass is 9.94. The minimum absolute atomic E-state index is 0.224. The molecular formula is C19H37N5O2. The molecule has 0 aliphatic carbocycles. The number of methoxy groups -OCH3 is 1. The zero-order chi connectivity index (χ0) is 18.8. The molecule has 0 radical (unpaired) electrons. The highest BCUT2D eigenvalue weighted by Crippen LogP contribution is 2.20. The van der Waals surface area contributed by atoms with E-state index in [1.54, 1.807) is 4.90 Å². The molecule has 0 bridgehead atoms. The summed E-state index contributed by atoms with van der Waals surface area (Å²) >= 11 is 0.